The Balaban J connectivity index is 2.21. The summed E-state index contributed by atoms with van der Waals surface area (Å²) >= 11 is 0. The van der Waals surface area contributed by atoms with Gasteiger partial charge in [0.2, 0.25) is 10.0 Å². The third-order valence-corrected chi connectivity index (χ3v) is 4.57. The maximum absolute atomic E-state index is 12.0. The summed E-state index contributed by atoms with van der Waals surface area (Å²) in [6, 6.07) is 7.99. The molecule has 6 heteroatoms. The molecule has 1 atom stereocenters. The fourth-order valence-corrected chi connectivity index (χ4v) is 3.14. The maximum atomic E-state index is 12.0. The zero-order chi connectivity index (χ0) is 13.2. The number of hydrogen-bond acceptors (Lipinski definition) is 3. The molecule has 0 heterocycles. The lowest BCUT2D eigenvalue weighted by Crippen LogP contribution is -2.34. The van der Waals surface area contributed by atoms with E-state index >= 15 is 0 Å². The van der Waals surface area contributed by atoms with Crippen LogP contribution in [0.4, 0.5) is 0 Å². The van der Waals surface area contributed by atoms with Crippen LogP contribution in [0.3, 0.4) is 0 Å². The smallest absolute Gasteiger partial charge is 0.327 e. The van der Waals surface area contributed by atoms with Crippen molar-refractivity contribution in [1.29, 1.82) is 0 Å². The Morgan fingerprint density at radius 1 is 1.33 bits per heavy atom. The van der Waals surface area contributed by atoms with Gasteiger partial charge in [-0.1, -0.05) is 30.3 Å². The molecule has 1 aliphatic rings. The van der Waals surface area contributed by atoms with E-state index in [0.29, 0.717) is 12.5 Å². The molecule has 1 fully saturated rings. The number of hydrogen-bond donors (Lipinski definition) is 2. The van der Waals surface area contributed by atoms with Crippen LogP contribution in [-0.2, 0) is 14.8 Å². The minimum absolute atomic E-state index is 0.272. The Hall–Kier alpha value is -1.40. The summed E-state index contributed by atoms with van der Waals surface area (Å²) in [5.74, 6) is -0.991. The molecule has 0 aliphatic heterocycles. The zero-order valence-electron chi connectivity index (χ0n) is 9.74. The van der Waals surface area contributed by atoms with Crippen LogP contribution in [0.5, 0.6) is 0 Å². The van der Waals surface area contributed by atoms with Gasteiger partial charge in [-0.25, -0.2) is 13.1 Å². The molecule has 98 valence electrons. The first-order valence-corrected chi connectivity index (χ1v) is 7.31. The highest BCUT2D eigenvalue weighted by atomic mass is 32.2. The number of rotatable bonds is 6. The van der Waals surface area contributed by atoms with Crippen LogP contribution in [0, 0.1) is 5.92 Å². The van der Waals surface area contributed by atoms with Crippen molar-refractivity contribution >= 4 is 16.0 Å². The summed E-state index contributed by atoms with van der Waals surface area (Å²) in [5.41, 5.74) is 0.272. The van der Waals surface area contributed by atoms with Crippen LogP contribution < -0.4 is 4.72 Å². The highest BCUT2D eigenvalue weighted by Gasteiger charge is 2.35. The number of carbonyl (C=O) groups is 1. The summed E-state index contributed by atoms with van der Waals surface area (Å²) in [7, 11) is -3.88. The fourth-order valence-electron chi connectivity index (χ4n) is 1.72. The fraction of sp³-hybridized carbons (Fsp3) is 0.417. The summed E-state index contributed by atoms with van der Waals surface area (Å²) in [5, 5.41) is 7.58. The van der Waals surface area contributed by atoms with Crippen LogP contribution in [0.25, 0.3) is 0 Å². The first-order chi connectivity index (χ1) is 8.50. The van der Waals surface area contributed by atoms with Crippen molar-refractivity contribution in [2.75, 3.05) is 6.54 Å². The SMILES string of the molecule is O=C(O)C(c1ccccc1)S(=O)(=O)NCC1CC1. The standard InChI is InChI=1S/C12H15NO4S/c14-12(15)11(10-4-2-1-3-5-10)18(16,17)13-8-9-6-7-9/h1-5,9,11,13H,6-8H2,(H,14,15). The second-order valence-electron chi connectivity index (χ2n) is 4.47. The Morgan fingerprint density at radius 3 is 2.44 bits per heavy atom. The van der Waals surface area contributed by atoms with Gasteiger partial charge in [0.25, 0.3) is 0 Å². The Kier molecular flexibility index (Phi) is 3.68. The lowest BCUT2D eigenvalue weighted by atomic mass is 10.1. The summed E-state index contributed by atoms with van der Waals surface area (Å²) in [6.07, 6.45) is 2.01. The van der Waals surface area contributed by atoms with Crippen LogP contribution in [0.15, 0.2) is 30.3 Å². The van der Waals surface area contributed by atoms with Gasteiger partial charge in [0.15, 0.2) is 5.25 Å². The van der Waals surface area contributed by atoms with Crippen LogP contribution in [-0.4, -0.2) is 26.0 Å². The van der Waals surface area contributed by atoms with Gasteiger partial charge in [0.1, 0.15) is 0 Å². The van der Waals surface area contributed by atoms with E-state index in [4.69, 9.17) is 5.11 Å². The van der Waals surface area contributed by atoms with Crippen molar-refractivity contribution < 1.29 is 18.3 Å². The van der Waals surface area contributed by atoms with Crippen molar-refractivity contribution in [2.24, 2.45) is 5.92 Å². The Bertz CT molecular complexity index is 522. The van der Waals surface area contributed by atoms with E-state index < -0.39 is 21.2 Å². The topological polar surface area (TPSA) is 83.5 Å². The molecular formula is C12H15NO4S. The van der Waals surface area contributed by atoms with Crippen LogP contribution in [0.2, 0.25) is 0 Å². The molecule has 1 unspecified atom stereocenters. The molecule has 1 saturated carbocycles. The Labute approximate surface area is 106 Å². The lowest BCUT2D eigenvalue weighted by molar-refractivity contribution is -0.136. The van der Waals surface area contributed by atoms with E-state index in [0.717, 1.165) is 12.8 Å². The highest BCUT2D eigenvalue weighted by molar-refractivity contribution is 7.90. The zero-order valence-corrected chi connectivity index (χ0v) is 10.6. The van der Waals surface area contributed by atoms with Crippen LogP contribution in [0.1, 0.15) is 23.7 Å². The molecule has 0 bridgehead atoms. The van der Waals surface area contributed by atoms with Gasteiger partial charge < -0.3 is 5.11 Å². The molecule has 1 aromatic carbocycles. The second-order valence-corrected chi connectivity index (χ2v) is 6.32. The average Bonchev–Trinajstić information content (AvgIpc) is 3.11. The average molecular weight is 269 g/mol. The van der Waals surface area contributed by atoms with E-state index in [2.05, 4.69) is 4.72 Å². The van der Waals surface area contributed by atoms with Crippen molar-refractivity contribution in [2.45, 2.75) is 18.1 Å². The third-order valence-electron chi connectivity index (χ3n) is 2.91. The van der Waals surface area contributed by atoms with Gasteiger partial charge in [-0.2, -0.15) is 0 Å². The summed E-state index contributed by atoms with van der Waals surface area (Å²) in [6.45, 7) is 0.332. The van der Waals surface area contributed by atoms with Gasteiger partial charge in [0, 0.05) is 6.54 Å². The molecule has 0 aromatic heterocycles. The Morgan fingerprint density at radius 2 is 1.94 bits per heavy atom. The normalized spacial score (nSPS) is 17.3. The molecule has 1 aliphatic carbocycles. The predicted molar refractivity (Wildman–Crippen MR) is 66.5 cm³/mol. The van der Waals surface area contributed by atoms with Crippen molar-refractivity contribution in [3.63, 3.8) is 0 Å². The molecule has 1 aromatic rings. The highest BCUT2D eigenvalue weighted by Crippen LogP contribution is 2.29. The number of aliphatic carboxylic acids is 1. The van der Waals surface area contributed by atoms with E-state index in [1.165, 1.54) is 12.1 Å². The van der Waals surface area contributed by atoms with Gasteiger partial charge in [-0.15, -0.1) is 0 Å². The number of nitrogens with one attached hydrogen (secondary N) is 1. The quantitative estimate of drug-likeness (QED) is 0.811. The first-order valence-electron chi connectivity index (χ1n) is 5.77. The third kappa shape index (κ3) is 3.08. The van der Waals surface area contributed by atoms with E-state index in [-0.39, 0.29) is 5.56 Å². The van der Waals surface area contributed by atoms with Gasteiger partial charge in [0.05, 0.1) is 0 Å². The predicted octanol–water partition coefficient (Wildman–Crippen LogP) is 1.14. The van der Waals surface area contributed by atoms with E-state index in [1.54, 1.807) is 18.2 Å². The molecule has 2 rings (SSSR count). The summed E-state index contributed by atoms with van der Waals surface area (Å²) in [4.78, 5) is 11.2. The number of benzene rings is 1. The first kappa shape index (κ1) is 13.0. The number of carboxylic acid groups (broad SMARTS) is 1. The van der Waals surface area contributed by atoms with Gasteiger partial charge in [-0.3, -0.25) is 4.79 Å². The number of sulfonamides is 1. The largest absolute Gasteiger partial charge is 0.480 e. The van der Waals surface area contributed by atoms with E-state index in [9.17, 15) is 13.2 Å². The minimum Gasteiger partial charge on any atom is -0.480 e. The lowest BCUT2D eigenvalue weighted by Gasteiger charge is -2.14. The van der Waals surface area contributed by atoms with Crippen molar-refractivity contribution in [3.05, 3.63) is 35.9 Å². The molecule has 0 radical (unpaired) electrons. The molecule has 0 saturated heterocycles. The monoisotopic (exact) mass is 269 g/mol. The maximum Gasteiger partial charge on any atom is 0.327 e. The number of carboxylic acids is 1. The molecule has 0 spiro atoms. The summed E-state index contributed by atoms with van der Waals surface area (Å²) < 4.78 is 26.4. The molecule has 5 nitrogen and oxygen atoms in total. The minimum atomic E-state index is -3.88. The second kappa shape index (κ2) is 5.07. The molecule has 2 N–H and O–H groups in total. The van der Waals surface area contributed by atoms with Crippen molar-refractivity contribution in [1.82, 2.24) is 4.72 Å². The van der Waals surface area contributed by atoms with E-state index in [1.807, 2.05) is 0 Å². The molecular weight excluding hydrogens is 254 g/mol. The molecule has 0 amide bonds. The molecule has 18 heavy (non-hydrogen) atoms. The van der Waals surface area contributed by atoms with Crippen LogP contribution >= 0.6 is 0 Å². The van der Waals surface area contributed by atoms with Gasteiger partial charge >= 0.3 is 5.97 Å². The van der Waals surface area contributed by atoms with Gasteiger partial charge in [-0.05, 0) is 24.3 Å². The van der Waals surface area contributed by atoms with Crippen molar-refractivity contribution in [3.8, 4) is 0 Å².